The number of urea groups is 1. The summed E-state index contributed by atoms with van der Waals surface area (Å²) in [6.45, 7) is 2.86. The van der Waals surface area contributed by atoms with Gasteiger partial charge in [0.25, 0.3) is 0 Å². The first kappa shape index (κ1) is 22.2. The summed E-state index contributed by atoms with van der Waals surface area (Å²) in [5.41, 5.74) is 0.490. The zero-order chi connectivity index (χ0) is 21.9. The molecule has 0 radical (unpaired) electrons. The van der Waals surface area contributed by atoms with Gasteiger partial charge >= 0.3 is 6.03 Å². The lowest BCUT2D eigenvalue weighted by atomic mass is 9.94. The van der Waals surface area contributed by atoms with E-state index in [1.165, 1.54) is 24.3 Å². The van der Waals surface area contributed by atoms with Crippen LogP contribution in [0.15, 0.2) is 29.2 Å². The van der Waals surface area contributed by atoms with E-state index in [1.54, 1.807) is 6.92 Å². The van der Waals surface area contributed by atoms with Gasteiger partial charge in [-0.3, -0.25) is 19.8 Å². The first-order valence-electron chi connectivity index (χ1n) is 9.92. The number of nitrogens with two attached hydrogens (primary N) is 1. The molecule has 10 nitrogen and oxygen atoms in total. The van der Waals surface area contributed by atoms with E-state index >= 15 is 0 Å². The number of amides is 4. The fraction of sp³-hybridized carbons (Fsp3) is 0.526. The van der Waals surface area contributed by atoms with Crippen LogP contribution in [-0.4, -0.2) is 56.3 Å². The maximum absolute atomic E-state index is 12.5. The van der Waals surface area contributed by atoms with Crippen LogP contribution in [0.1, 0.15) is 32.6 Å². The van der Waals surface area contributed by atoms with E-state index < -0.39 is 22.1 Å². The molecule has 1 unspecified atom stereocenters. The summed E-state index contributed by atoms with van der Waals surface area (Å²) >= 11 is 0. The zero-order valence-corrected chi connectivity index (χ0v) is 17.6. The molecular formula is C19H27N5O5S. The van der Waals surface area contributed by atoms with Gasteiger partial charge in [0, 0.05) is 17.6 Å². The van der Waals surface area contributed by atoms with Crippen molar-refractivity contribution in [3.63, 3.8) is 0 Å². The average Bonchev–Trinajstić information content (AvgIpc) is 3.51. The van der Waals surface area contributed by atoms with Crippen LogP contribution in [0.3, 0.4) is 0 Å². The summed E-state index contributed by atoms with van der Waals surface area (Å²) in [7, 11) is -3.78. The normalized spacial score (nSPS) is 19.0. The van der Waals surface area contributed by atoms with Crippen molar-refractivity contribution in [1.82, 2.24) is 15.5 Å². The molecule has 0 spiro atoms. The molecule has 1 aromatic carbocycles. The minimum atomic E-state index is -3.78. The van der Waals surface area contributed by atoms with Gasteiger partial charge in [0.1, 0.15) is 0 Å². The lowest BCUT2D eigenvalue weighted by Crippen LogP contribution is -2.52. The molecule has 30 heavy (non-hydrogen) atoms. The predicted octanol–water partition coefficient (Wildman–Crippen LogP) is 0.361. The average molecular weight is 438 g/mol. The lowest BCUT2D eigenvalue weighted by molar-refractivity contribution is -0.126. The Bertz CT molecular complexity index is 906. The van der Waals surface area contributed by atoms with Gasteiger partial charge in [-0.05, 0) is 70.0 Å². The largest absolute Gasteiger partial charge is 0.335 e. The molecule has 2 fully saturated rings. The van der Waals surface area contributed by atoms with Crippen LogP contribution in [-0.2, 0) is 19.6 Å². The van der Waals surface area contributed by atoms with E-state index in [4.69, 9.17) is 5.14 Å². The highest BCUT2D eigenvalue weighted by Crippen LogP contribution is 2.22. The predicted molar refractivity (Wildman–Crippen MR) is 110 cm³/mol. The number of imide groups is 1. The first-order valence-corrected chi connectivity index (χ1v) is 11.5. The number of likely N-dealkylation sites (tertiary alicyclic amines) is 1. The van der Waals surface area contributed by atoms with Gasteiger partial charge in [0.15, 0.2) is 0 Å². The third-order valence-electron chi connectivity index (χ3n) is 5.43. The number of carbonyl (C=O) groups is 3. The monoisotopic (exact) mass is 437 g/mol. The second kappa shape index (κ2) is 9.11. The molecule has 4 amide bonds. The fourth-order valence-electron chi connectivity index (χ4n) is 3.35. The van der Waals surface area contributed by atoms with Gasteiger partial charge in [0.2, 0.25) is 21.8 Å². The Morgan fingerprint density at radius 1 is 1.07 bits per heavy atom. The van der Waals surface area contributed by atoms with Crippen LogP contribution < -0.4 is 21.1 Å². The van der Waals surface area contributed by atoms with Gasteiger partial charge in [0.05, 0.1) is 10.9 Å². The molecule has 1 aliphatic heterocycles. The van der Waals surface area contributed by atoms with E-state index in [0.29, 0.717) is 31.6 Å². The van der Waals surface area contributed by atoms with Crippen molar-refractivity contribution in [2.24, 2.45) is 11.1 Å². The Balaban J connectivity index is 1.45. The third-order valence-corrected chi connectivity index (χ3v) is 6.36. The number of nitrogens with one attached hydrogen (secondary N) is 3. The maximum atomic E-state index is 12.5. The Hall–Kier alpha value is -2.50. The number of benzene rings is 1. The number of nitrogens with zero attached hydrogens (tertiary/aromatic N) is 1. The molecule has 1 saturated carbocycles. The summed E-state index contributed by atoms with van der Waals surface area (Å²) in [5, 5.41) is 12.9. The molecule has 0 aromatic heterocycles. The topological polar surface area (TPSA) is 151 Å². The quantitative estimate of drug-likeness (QED) is 0.504. The van der Waals surface area contributed by atoms with Gasteiger partial charge in [-0.15, -0.1) is 0 Å². The number of primary sulfonamides is 1. The molecule has 1 aromatic rings. The van der Waals surface area contributed by atoms with Crippen molar-refractivity contribution >= 4 is 33.6 Å². The van der Waals surface area contributed by atoms with Crippen molar-refractivity contribution in [3.05, 3.63) is 24.3 Å². The van der Waals surface area contributed by atoms with E-state index in [9.17, 15) is 22.8 Å². The Morgan fingerprint density at radius 3 is 2.20 bits per heavy atom. The SMILES string of the molecule is CC(C(=O)NC(=O)NC1CC1)N1CCC(C(=O)Nc2ccc(S(N)(=O)=O)cc2)CC1. The van der Waals surface area contributed by atoms with Gasteiger partial charge in [-0.1, -0.05) is 0 Å². The number of rotatable bonds is 6. The Kier molecular flexibility index (Phi) is 6.74. The van der Waals surface area contributed by atoms with Crippen molar-refractivity contribution in [1.29, 1.82) is 0 Å². The smallest absolute Gasteiger partial charge is 0.321 e. The fourth-order valence-corrected chi connectivity index (χ4v) is 3.87. The van der Waals surface area contributed by atoms with Crippen molar-refractivity contribution in [2.45, 2.75) is 49.6 Å². The van der Waals surface area contributed by atoms with Crippen LogP contribution in [0, 0.1) is 5.92 Å². The lowest BCUT2D eigenvalue weighted by Gasteiger charge is -2.34. The first-order chi connectivity index (χ1) is 14.1. The molecule has 0 bridgehead atoms. The van der Waals surface area contributed by atoms with Crippen molar-refractivity contribution in [3.8, 4) is 0 Å². The second-order valence-electron chi connectivity index (χ2n) is 7.78. The summed E-state index contributed by atoms with van der Waals surface area (Å²) in [5.74, 6) is -0.725. The number of anilines is 1. The van der Waals surface area contributed by atoms with Crippen molar-refractivity contribution in [2.75, 3.05) is 18.4 Å². The van der Waals surface area contributed by atoms with Crippen LogP contribution in [0.2, 0.25) is 0 Å². The molecule has 11 heteroatoms. The summed E-state index contributed by atoms with van der Waals surface area (Å²) < 4.78 is 22.6. The number of hydrogen-bond acceptors (Lipinski definition) is 6. The molecule has 1 saturated heterocycles. The summed E-state index contributed by atoms with van der Waals surface area (Å²) in [4.78, 5) is 38.4. The van der Waals surface area contributed by atoms with Crippen LogP contribution >= 0.6 is 0 Å². The molecular weight excluding hydrogens is 410 g/mol. The third kappa shape index (κ3) is 6.00. The highest BCUT2D eigenvalue weighted by Gasteiger charge is 2.31. The number of hydrogen-bond donors (Lipinski definition) is 4. The molecule has 2 aliphatic rings. The van der Waals surface area contributed by atoms with E-state index in [-0.39, 0.29) is 28.7 Å². The van der Waals surface area contributed by atoms with E-state index in [0.717, 1.165) is 12.8 Å². The molecule has 1 heterocycles. The second-order valence-corrected chi connectivity index (χ2v) is 9.34. The highest BCUT2D eigenvalue weighted by atomic mass is 32.2. The van der Waals surface area contributed by atoms with Crippen LogP contribution in [0.5, 0.6) is 0 Å². The van der Waals surface area contributed by atoms with Crippen LogP contribution in [0.25, 0.3) is 0 Å². The Labute approximate surface area is 175 Å². The zero-order valence-electron chi connectivity index (χ0n) is 16.8. The maximum Gasteiger partial charge on any atom is 0.321 e. The molecule has 1 atom stereocenters. The van der Waals surface area contributed by atoms with Gasteiger partial charge in [-0.25, -0.2) is 18.4 Å². The molecule has 1 aliphatic carbocycles. The van der Waals surface area contributed by atoms with E-state index in [2.05, 4.69) is 16.0 Å². The minimum Gasteiger partial charge on any atom is -0.335 e. The molecule has 3 rings (SSSR count). The number of piperidine rings is 1. The molecule has 5 N–H and O–H groups in total. The van der Waals surface area contributed by atoms with Gasteiger partial charge in [-0.2, -0.15) is 0 Å². The van der Waals surface area contributed by atoms with Crippen molar-refractivity contribution < 1.29 is 22.8 Å². The minimum absolute atomic E-state index is 0.0214. The van der Waals surface area contributed by atoms with Crippen LogP contribution in [0.4, 0.5) is 10.5 Å². The number of sulfonamides is 1. The summed E-state index contributed by atoms with van der Waals surface area (Å²) in [6, 6.07) is 4.91. The van der Waals surface area contributed by atoms with E-state index in [1.807, 2.05) is 4.90 Å². The van der Waals surface area contributed by atoms with Gasteiger partial charge < -0.3 is 10.6 Å². The standard InChI is InChI=1S/C19H27N5O5S/c1-12(17(25)23-19(27)22-15-2-3-15)24-10-8-13(9-11-24)18(26)21-14-4-6-16(7-5-14)30(20,28)29/h4-7,12-13,15H,2-3,8-11H2,1H3,(H,21,26)(H2,20,28,29)(H2,22,23,25,27). The number of carbonyl (C=O) groups excluding carboxylic acids is 3. The highest BCUT2D eigenvalue weighted by molar-refractivity contribution is 7.89. The molecule has 164 valence electrons. The summed E-state index contributed by atoms with van der Waals surface area (Å²) in [6.07, 6.45) is 3.05. The Morgan fingerprint density at radius 2 is 1.67 bits per heavy atom.